The maximum atomic E-state index is 12.9. The van der Waals surface area contributed by atoms with Gasteiger partial charge >= 0.3 is 24.1 Å². The third kappa shape index (κ3) is 23.1. The number of aromatic nitrogens is 7. The number of alkyl halides is 1. The van der Waals surface area contributed by atoms with Gasteiger partial charge in [0.2, 0.25) is 0 Å². The lowest BCUT2D eigenvalue weighted by molar-refractivity contribution is 0.0277. The zero-order valence-electron chi connectivity index (χ0n) is 70.5. The van der Waals surface area contributed by atoms with Crippen LogP contribution in [0.25, 0.3) is 89.5 Å². The number of fused-ring (bicyclic) bond motifs is 10. The predicted octanol–water partition coefficient (Wildman–Crippen LogP) is 21.4. The lowest BCUT2D eigenvalue weighted by atomic mass is 9.98. The highest BCUT2D eigenvalue weighted by Crippen LogP contribution is 2.36. The molecule has 0 aliphatic carbocycles. The van der Waals surface area contributed by atoms with Gasteiger partial charge in [-0.05, 0) is 212 Å². The molecule has 0 unspecified atom stereocenters. The molecule has 15 aromatic rings. The summed E-state index contributed by atoms with van der Waals surface area (Å²) in [5.41, 5.74) is 28.0. The third-order valence-corrected chi connectivity index (χ3v) is 25.7. The zero-order chi connectivity index (χ0) is 87.6. The number of halogens is 1. The van der Waals surface area contributed by atoms with E-state index < -0.39 is 23.1 Å². The lowest BCUT2D eigenvalue weighted by Gasteiger charge is -2.24. The van der Waals surface area contributed by atoms with Gasteiger partial charge in [-0.1, -0.05) is 181 Å². The molecule has 28 heteroatoms. The molecule has 0 saturated carbocycles. The van der Waals surface area contributed by atoms with Crippen molar-refractivity contribution < 1.29 is 53.2 Å². The Morgan fingerprint density at radius 1 is 0.455 bits per heavy atom. The Morgan fingerprint density at radius 2 is 0.821 bits per heavy atom. The molecule has 123 heavy (non-hydrogen) atoms. The van der Waals surface area contributed by atoms with E-state index in [1.165, 1.54) is 57.4 Å². The number of Topliss-reactive ketones (excluding diaryl/α,β-unsaturated/α-hetero) is 3. The first-order valence-corrected chi connectivity index (χ1v) is 45.3. The molecule has 23 nitrogen and oxygen atoms in total. The van der Waals surface area contributed by atoms with E-state index in [4.69, 9.17) is 41.1 Å². The minimum atomic E-state index is -0.936. The number of ether oxygens (including phenoxy) is 2. The summed E-state index contributed by atoms with van der Waals surface area (Å²) in [6.45, 7) is 25.2. The average molecular weight is 1800 g/mol. The Bertz CT molecular complexity index is 6320. The standard InChI is InChI=1S/C28H31N3O3S.C23H23N3OS.C17H12N2O2S.C10H20N2O2.C9H9BrO.C8H6N2O2S/c1-18-5-8-20(9-6-18)22-17-31-23-11-10-21(15-25(23)35-26(31)29-22)24(32)12-7-19-13-14-30(16-19)27(33)34-28(2,3)4;1-15-2-5-17(6-3-15)19-14-26-20-8-7-18(12-22(20)28-23(26)25-19)21(27)9-4-16-10-11-24-13-16;1-10-2-4-11(5-3-10)13-9-19-14-7-6-12(16(20)21)8-15(14)22-17(19)18-13;1-10(2,3)14-9(13)12-5-4-8(6-11)7-12;1-7-2-4-8(5-3-7)9(11)6-10;9-8-10-5-2-1-4(7(11)12)3-6(5)13-8/h5-6,8-11,15,17,19H,7,12-14,16H2,1-4H3;2-3,5-8,12,14,16,24H,4,9-11,13H2,1H3;2-9H,1H3,(H,20,21);8H,4-7,11H2,1-3H3;2-5H,6H2,1H3;1-3H,(H2,9,10)(H,11,12)/t19-;16-;;8-;;/m00.1../s1. The first kappa shape index (κ1) is 89.4. The number of anilines is 1. The van der Waals surface area contributed by atoms with Crippen molar-refractivity contribution in [1.82, 2.24) is 48.3 Å². The van der Waals surface area contributed by atoms with Crippen molar-refractivity contribution in [2.75, 3.05) is 56.9 Å². The molecule has 10 heterocycles. The van der Waals surface area contributed by atoms with Crippen molar-refractivity contribution in [3.05, 3.63) is 239 Å². The number of hydrogen-bond acceptors (Lipinski definition) is 20. The number of aromatic carboxylic acids is 2. The van der Waals surface area contributed by atoms with Gasteiger partial charge in [-0.3, -0.25) is 27.6 Å². The number of aryl methyl sites for hydroxylation is 4. The molecule has 7 N–H and O–H groups in total. The number of carboxylic acids is 2. The average Bonchev–Trinajstić information content (AvgIpc) is 1.62. The Kier molecular flexibility index (Phi) is 28.7. The molecule has 0 radical (unpaired) electrons. The highest BCUT2D eigenvalue weighted by molar-refractivity contribution is 9.09. The van der Waals surface area contributed by atoms with Crippen LogP contribution >= 0.6 is 61.3 Å². The maximum absolute atomic E-state index is 12.9. The number of likely N-dealkylation sites (tertiary alicyclic amines) is 2. The number of nitrogens with two attached hydrogens (primary N) is 2. The van der Waals surface area contributed by atoms with Gasteiger partial charge in [-0.2, -0.15) is 0 Å². The minimum Gasteiger partial charge on any atom is -0.478 e. The molecule has 8 aromatic carbocycles. The van der Waals surface area contributed by atoms with E-state index in [0.717, 1.165) is 158 Å². The number of nitrogen functional groups attached to an aromatic ring is 1. The number of nitrogens with one attached hydrogen (secondary N) is 1. The summed E-state index contributed by atoms with van der Waals surface area (Å²) in [4.78, 5) is 107. The zero-order valence-corrected chi connectivity index (χ0v) is 75.3. The SMILES string of the molecule is CC(C)(C)OC(=O)N1CC[C@H](CN)C1.Cc1ccc(-c2cn3c(n2)sc2cc(C(=O)CC[C@H]4CCN(C(=O)OC(C)(C)C)C4)ccc23)cc1.Cc1ccc(-c2cn3c(n2)sc2cc(C(=O)CC[C@H]4CCNC4)ccc23)cc1.Cc1ccc(-c2cn3c(n2)sc2cc(C(=O)O)ccc23)cc1.Cc1ccc(C(=O)CBr)cc1.Nc1nc2ccc(C(=O)O)cc2s1. The molecule has 7 aromatic heterocycles. The number of rotatable bonds is 16. The van der Waals surface area contributed by atoms with Crippen molar-refractivity contribution in [3.63, 3.8) is 0 Å². The number of carbonyl (C=O) groups excluding carboxylic acids is 5. The normalized spacial score (nSPS) is 15.1. The number of thiazole rings is 4. The van der Waals surface area contributed by atoms with Crippen molar-refractivity contribution in [1.29, 1.82) is 0 Å². The fraction of sp³-hybridized carbons (Fsp3) is 0.316. The molecule has 638 valence electrons. The second-order valence-electron chi connectivity index (χ2n) is 33.2. The molecule has 18 rings (SSSR count). The summed E-state index contributed by atoms with van der Waals surface area (Å²) in [7, 11) is 0. The van der Waals surface area contributed by atoms with E-state index in [0.29, 0.717) is 66.3 Å². The number of imidazole rings is 3. The molecule has 0 bridgehead atoms. The van der Waals surface area contributed by atoms with Crippen LogP contribution in [0.5, 0.6) is 0 Å². The minimum absolute atomic E-state index is 0.130. The fourth-order valence-corrected chi connectivity index (χ4v) is 18.7. The fourth-order valence-electron chi connectivity index (χ4n) is 14.5. The first-order chi connectivity index (χ1) is 58.8. The van der Waals surface area contributed by atoms with Crippen molar-refractivity contribution in [2.24, 2.45) is 23.5 Å². The summed E-state index contributed by atoms with van der Waals surface area (Å²) in [5, 5.41) is 22.0. The van der Waals surface area contributed by atoms with Gasteiger partial charge in [0.1, 0.15) is 11.2 Å². The largest absolute Gasteiger partial charge is 0.478 e. The molecular weight excluding hydrogens is 1690 g/mol. The van der Waals surface area contributed by atoms with Crippen LogP contribution in [0, 0.1) is 45.4 Å². The van der Waals surface area contributed by atoms with Gasteiger partial charge in [-0.15, -0.1) is 0 Å². The summed E-state index contributed by atoms with van der Waals surface area (Å²) < 4.78 is 20.9. The second-order valence-corrected chi connectivity index (χ2v) is 37.9. The van der Waals surface area contributed by atoms with Crippen LogP contribution in [0.1, 0.15) is 161 Å². The Hall–Kier alpha value is -11.4. The third-order valence-electron chi connectivity index (χ3n) is 21.3. The number of hydrogen-bond donors (Lipinski definition) is 5. The molecule has 2 amide bonds. The quantitative estimate of drug-likeness (QED) is 0.0443. The van der Waals surface area contributed by atoms with Crippen LogP contribution < -0.4 is 16.8 Å². The van der Waals surface area contributed by atoms with Crippen LogP contribution in [-0.4, -0.2) is 157 Å². The summed E-state index contributed by atoms with van der Waals surface area (Å²) >= 11 is 9.16. The number of carboxylic acid groups (broad SMARTS) is 2. The van der Waals surface area contributed by atoms with Crippen molar-refractivity contribution in [2.45, 2.75) is 125 Å². The highest BCUT2D eigenvalue weighted by Gasteiger charge is 2.32. The Balaban J connectivity index is 0.000000133. The van der Waals surface area contributed by atoms with E-state index in [-0.39, 0.29) is 35.1 Å². The van der Waals surface area contributed by atoms with Crippen LogP contribution in [0.3, 0.4) is 0 Å². The van der Waals surface area contributed by atoms with E-state index in [1.807, 2.05) is 120 Å². The number of ketones is 3. The summed E-state index contributed by atoms with van der Waals surface area (Å²) in [6, 6.07) is 54.6. The van der Waals surface area contributed by atoms with E-state index in [2.05, 4.69) is 152 Å². The second kappa shape index (κ2) is 39.4. The number of amides is 2. The van der Waals surface area contributed by atoms with Crippen LogP contribution in [0.15, 0.2) is 188 Å². The number of carbonyl (C=O) groups is 7. The van der Waals surface area contributed by atoms with E-state index >= 15 is 0 Å². The first-order valence-electron chi connectivity index (χ1n) is 41.0. The lowest BCUT2D eigenvalue weighted by Crippen LogP contribution is -2.35. The molecule has 0 spiro atoms. The molecule has 3 saturated heterocycles. The predicted molar refractivity (Wildman–Crippen MR) is 498 cm³/mol. The monoisotopic (exact) mass is 1790 g/mol. The van der Waals surface area contributed by atoms with Crippen molar-refractivity contribution in [3.8, 4) is 33.8 Å². The van der Waals surface area contributed by atoms with Crippen LogP contribution in [0.2, 0.25) is 0 Å². The smallest absolute Gasteiger partial charge is 0.410 e. The summed E-state index contributed by atoms with van der Waals surface area (Å²) in [5.74, 6) is 0.113. The highest BCUT2D eigenvalue weighted by atomic mass is 79.9. The molecule has 3 fully saturated rings. The van der Waals surface area contributed by atoms with Gasteiger partial charge in [-0.25, -0.2) is 39.1 Å². The Labute approximate surface area is 737 Å². The summed E-state index contributed by atoms with van der Waals surface area (Å²) in [6.07, 6.45) is 11.7. The van der Waals surface area contributed by atoms with Crippen LogP contribution in [-0.2, 0) is 9.47 Å². The number of nitrogens with zero attached hydrogens (tertiary/aromatic N) is 9. The van der Waals surface area contributed by atoms with Crippen molar-refractivity contribution >= 4 is 164 Å². The molecular formula is C95H101BrN12O11S4. The van der Waals surface area contributed by atoms with Gasteiger partial charge in [0.15, 0.2) is 37.4 Å². The van der Waals surface area contributed by atoms with Gasteiger partial charge in [0.25, 0.3) is 0 Å². The van der Waals surface area contributed by atoms with E-state index in [1.54, 1.807) is 56.7 Å². The Morgan fingerprint density at radius 3 is 1.20 bits per heavy atom. The molecule has 3 aliphatic rings. The van der Waals surface area contributed by atoms with Gasteiger partial charge < -0.3 is 46.3 Å². The number of benzene rings is 8. The van der Waals surface area contributed by atoms with E-state index in [9.17, 15) is 33.6 Å². The topological polar surface area (TPSA) is 314 Å². The molecule has 3 atom stereocenters. The van der Waals surface area contributed by atoms with Gasteiger partial charge in [0.05, 0.1) is 74.4 Å². The molecule has 3 aliphatic heterocycles. The maximum Gasteiger partial charge on any atom is 0.410 e. The van der Waals surface area contributed by atoms with Crippen LogP contribution in [0.4, 0.5) is 14.7 Å². The van der Waals surface area contributed by atoms with Gasteiger partial charge in [0, 0.05) is 91.0 Å².